The van der Waals surface area contributed by atoms with E-state index in [1.165, 1.54) is 5.56 Å². The molecule has 3 heterocycles. The van der Waals surface area contributed by atoms with Gasteiger partial charge < -0.3 is 0 Å². The molecular weight excluding hydrogens is 262 g/mol. The second-order valence-corrected chi connectivity index (χ2v) is 7.39. The van der Waals surface area contributed by atoms with Crippen molar-refractivity contribution in [2.45, 2.75) is 24.6 Å². The van der Waals surface area contributed by atoms with Gasteiger partial charge in [0.2, 0.25) is 10.0 Å². The molecule has 1 N–H and O–H groups in total. The Morgan fingerprint density at radius 3 is 3.00 bits per heavy atom. The number of fused-ring (bicyclic) bond motifs is 1. The molecule has 2 saturated heterocycles. The molecule has 0 spiro atoms. The Labute approximate surface area is 114 Å². The normalized spacial score (nSPS) is 30.7. The predicted molar refractivity (Wildman–Crippen MR) is 72.9 cm³/mol. The minimum atomic E-state index is -3.06. The summed E-state index contributed by atoms with van der Waals surface area (Å²) in [5, 5.41) is -0.189. The molecule has 3 rings (SSSR count). The van der Waals surface area contributed by atoms with Crippen LogP contribution in [0, 0.1) is 5.92 Å². The second kappa shape index (κ2) is 5.19. The smallest absolute Gasteiger partial charge is 0.214 e. The lowest BCUT2D eigenvalue weighted by Gasteiger charge is -2.20. The van der Waals surface area contributed by atoms with E-state index in [0.29, 0.717) is 6.54 Å². The van der Waals surface area contributed by atoms with Gasteiger partial charge in [-0.05, 0) is 43.5 Å². The molecule has 2 aliphatic heterocycles. The van der Waals surface area contributed by atoms with Crippen LogP contribution in [0.4, 0.5) is 0 Å². The summed E-state index contributed by atoms with van der Waals surface area (Å²) in [6.45, 7) is 3.29. The van der Waals surface area contributed by atoms with Gasteiger partial charge in [0.1, 0.15) is 0 Å². The van der Waals surface area contributed by atoms with Gasteiger partial charge in [-0.2, -0.15) is 0 Å². The van der Waals surface area contributed by atoms with Crippen LogP contribution in [0.3, 0.4) is 0 Å². The highest BCUT2D eigenvalue weighted by Crippen LogP contribution is 2.28. The number of pyridine rings is 1. The first-order chi connectivity index (χ1) is 9.15. The van der Waals surface area contributed by atoms with Gasteiger partial charge in [-0.25, -0.2) is 13.1 Å². The van der Waals surface area contributed by atoms with E-state index in [0.717, 1.165) is 32.5 Å². The second-order valence-electron chi connectivity index (χ2n) is 5.41. The van der Waals surface area contributed by atoms with Crippen molar-refractivity contribution in [1.29, 1.82) is 0 Å². The third-order valence-electron chi connectivity index (χ3n) is 4.15. The molecule has 5 nitrogen and oxygen atoms in total. The lowest BCUT2D eigenvalue weighted by molar-refractivity contribution is 0.272. The van der Waals surface area contributed by atoms with Crippen LogP contribution < -0.4 is 4.72 Å². The number of aromatic nitrogens is 1. The maximum atomic E-state index is 11.9. The number of nitrogens with zero attached hydrogens (tertiary/aromatic N) is 2. The van der Waals surface area contributed by atoms with Gasteiger partial charge >= 0.3 is 0 Å². The van der Waals surface area contributed by atoms with Crippen LogP contribution in [0.5, 0.6) is 0 Å². The van der Waals surface area contributed by atoms with Gasteiger partial charge in [-0.3, -0.25) is 9.88 Å². The SMILES string of the molecule is O=S1(=O)NC[C@@H]2CCN(Cc3cccnc3)CC[C@@H]21. The van der Waals surface area contributed by atoms with E-state index in [4.69, 9.17) is 0 Å². The Morgan fingerprint density at radius 1 is 1.37 bits per heavy atom. The maximum Gasteiger partial charge on any atom is 0.214 e. The number of likely N-dealkylation sites (tertiary alicyclic amines) is 1. The Bertz CT molecular complexity index is 532. The lowest BCUT2D eigenvalue weighted by atomic mass is 10.0. The van der Waals surface area contributed by atoms with Crippen molar-refractivity contribution in [2.24, 2.45) is 5.92 Å². The summed E-state index contributed by atoms with van der Waals surface area (Å²) < 4.78 is 26.4. The number of hydrogen-bond acceptors (Lipinski definition) is 4. The maximum absolute atomic E-state index is 11.9. The zero-order chi connectivity index (χ0) is 13.3. The monoisotopic (exact) mass is 281 g/mol. The van der Waals surface area contributed by atoms with E-state index >= 15 is 0 Å². The van der Waals surface area contributed by atoms with Crippen LogP contribution in [-0.4, -0.2) is 43.2 Å². The molecule has 1 aromatic rings. The predicted octanol–water partition coefficient (Wildman–Crippen LogP) is 0.595. The van der Waals surface area contributed by atoms with Crippen molar-refractivity contribution in [3.05, 3.63) is 30.1 Å². The fourth-order valence-corrected chi connectivity index (χ4v) is 4.89. The average molecular weight is 281 g/mol. The number of hydrogen-bond donors (Lipinski definition) is 1. The van der Waals surface area contributed by atoms with Crippen molar-refractivity contribution < 1.29 is 8.42 Å². The van der Waals surface area contributed by atoms with Crippen molar-refractivity contribution in [2.75, 3.05) is 19.6 Å². The quantitative estimate of drug-likeness (QED) is 0.862. The van der Waals surface area contributed by atoms with Crippen LogP contribution >= 0.6 is 0 Å². The minimum Gasteiger partial charge on any atom is -0.299 e. The van der Waals surface area contributed by atoms with Crippen LogP contribution in [0.15, 0.2) is 24.5 Å². The Kier molecular flexibility index (Phi) is 3.56. The first-order valence-corrected chi connectivity index (χ1v) is 8.29. The molecule has 0 saturated carbocycles. The Hall–Kier alpha value is -0.980. The first kappa shape index (κ1) is 13.0. The topological polar surface area (TPSA) is 62.3 Å². The fraction of sp³-hybridized carbons (Fsp3) is 0.615. The summed E-state index contributed by atoms with van der Waals surface area (Å²) in [5.41, 5.74) is 1.19. The van der Waals surface area contributed by atoms with Crippen LogP contribution in [0.25, 0.3) is 0 Å². The molecule has 104 valence electrons. The lowest BCUT2D eigenvalue weighted by Crippen LogP contribution is -2.28. The summed E-state index contributed by atoms with van der Waals surface area (Å²) in [6, 6.07) is 4.01. The number of rotatable bonds is 2. The summed E-state index contributed by atoms with van der Waals surface area (Å²) in [6.07, 6.45) is 5.34. The molecule has 0 radical (unpaired) electrons. The van der Waals surface area contributed by atoms with Gasteiger partial charge in [0.05, 0.1) is 5.25 Å². The highest BCUT2D eigenvalue weighted by molar-refractivity contribution is 7.90. The molecule has 0 bridgehead atoms. The third kappa shape index (κ3) is 2.80. The van der Waals surface area contributed by atoms with Crippen LogP contribution in [0.1, 0.15) is 18.4 Å². The molecule has 0 amide bonds. The van der Waals surface area contributed by atoms with Gasteiger partial charge in [0.25, 0.3) is 0 Å². The van der Waals surface area contributed by atoms with Gasteiger partial charge in [0.15, 0.2) is 0 Å². The van der Waals surface area contributed by atoms with E-state index in [1.807, 2.05) is 12.3 Å². The zero-order valence-corrected chi connectivity index (χ0v) is 11.6. The molecule has 1 aromatic heterocycles. The highest BCUT2D eigenvalue weighted by Gasteiger charge is 2.41. The third-order valence-corrected chi connectivity index (χ3v) is 6.13. The van der Waals surface area contributed by atoms with E-state index in [9.17, 15) is 8.42 Å². The molecule has 6 heteroatoms. The van der Waals surface area contributed by atoms with Crippen LogP contribution in [0.2, 0.25) is 0 Å². The number of sulfonamides is 1. The summed E-state index contributed by atoms with van der Waals surface area (Å²) in [5.74, 6) is 0.281. The number of nitrogens with one attached hydrogen (secondary N) is 1. The molecule has 2 fully saturated rings. The fourth-order valence-electron chi connectivity index (χ4n) is 3.07. The molecule has 2 atom stereocenters. The standard InChI is InChI=1S/C13H19N3O2S/c17-19(18)13-4-7-16(6-3-12(13)9-15-19)10-11-2-1-5-14-8-11/h1-2,5,8,12-13,15H,3-4,6-7,9-10H2/t12-,13-/m0/s1. The van der Waals surface area contributed by atoms with E-state index in [1.54, 1.807) is 6.20 Å². The molecular formula is C13H19N3O2S. The van der Waals surface area contributed by atoms with Crippen molar-refractivity contribution >= 4 is 10.0 Å². The van der Waals surface area contributed by atoms with Crippen LogP contribution in [-0.2, 0) is 16.6 Å². The molecule has 19 heavy (non-hydrogen) atoms. The largest absolute Gasteiger partial charge is 0.299 e. The molecule has 0 unspecified atom stereocenters. The van der Waals surface area contributed by atoms with E-state index in [-0.39, 0.29) is 11.2 Å². The van der Waals surface area contributed by atoms with Crippen molar-refractivity contribution in [3.63, 3.8) is 0 Å². The first-order valence-electron chi connectivity index (χ1n) is 6.75. The van der Waals surface area contributed by atoms with E-state index in [2.05, 4.69) is 20.7 Å². The van der Waals surface area contributed by atoms with Gasteiger partial charge in [0, 0.05) is 25.5 Å². The zero-order valence-electron chi connectivity index (χ0n) is 10.8. The summed E-state index contributed by atoms with van der Waals surface area (Å²) >= 11 is 0. The average Bonchev–Trinajstić information content (AvgIpc) is 2.58. The molecule has 2 aliphatic rings. The molecule has 0 aliphatic carbocycles. The summed E-state index contributed by atoms with van der Waals surface area (Å²) in [7, 11) is -3.06. The van der Waals surface area contributed by atoms with E-state index < -0.39 is 10.0 Å². The minimum absolute atomic E-state index is 0.189. The van der Waals surface area contributed by atoms with Gasteiger partial charge in [-0.1, -0.05) is 6.07 Å². The molecule has 0 aromatic carbocycles. The summed E-state index contributed by atoms with van der Waals surface area (Å²) in [4.78, 5) is 6.46. The highest BCUT2D eigenvalue weighted by atomic mass is 32.2. The van der Waals surface area contributed by atoms with Crippen molar-refractivity contribution in [1.82, 2.24) is 14.6 Å². The van der Waals surface area contributed by atoms with Gasteiger partial charge in [-0.15, -0.1) is 0 Å². The van der Waals surface area contributed by atoms with Crippen molar-refractivity contribution in [3.8, 4) is 0 Å². The Morgan fingerprint density at radius 2 is 2.21 bits per heavy atom. The Balaban J connectivity index is 1.66.